The zero-order valence-electron chi connectivity index (χ0n) is 14.3. The number of aromatic nitrogens is 3. The molecule has 1 atom stereocenters. The van der Waals surface area contributed by atoms with Crippen molar-refractivity contribution in [1.82, 2.24) is 20.1 Å². The summed E-state index contributed by atoms with van der Waals surface area (Å²) in [6.07, 6.45) is 5.40. The average molecular weight is 347 g/mol. The van der Waals surface area contributed by atoms with Crippen molar-refractivity contribution in [2.24, 2.45) is 0 Å². The van der Waals surface area contributed by atoms with Gasteiger partial charge in [0.05, 0.1) is 6.04 Å². The lowest BCUT2D eigenvalue weighted by molar-refractivity contribution is 0.423. The first-order valence-corrected chi connectivity index (χ1v) is 9.48. The summed E-state index contributed by atoms with van der Waals surface area (Å²) in [5.74, 6) is 0.907. The Bertz CT molecular complexity index is 697. The van der Waals surface area contributed by atoms with E-state index in [4.69, 9.17) is 0 Å². The fourth-order valence-electron chi connectivity index (χ4n) is 3.14. The van der Waals surface area contributed by atoms with Gasteiger partial charge in [-0.05, 0) is 39.2 Å². The van der Waals surface area contributed by atoms with Crippen molar-refractivity contribution in [3.8, 4) is 0 Å². The fourth-order valence-corrected chi connectivity index (χ4v) is 3.72. The number of nitrogens with zero attached hydrogens (tertiary/aromatic N) is 4. The van der Waals surface area contributed by atoms with Crippen LogP contribution in [0.25, 0.3) is 0 Å². The molecule has 1 aliphatic heterocycles. The Hall–Kier alpha value is -1.73. The summed E-state index contributed by atoms with van der Waals surface area (Å²) in [4.78, 5) is 18.6. The molecule has 0 radical (unpaired) electrons. The van der Waals surface area contributed by atoms with Crippen LogP contribution < -0.4 is 15.8 Å². The second kappa shape index (κ2) is 7.90. The Morgan fingerprint density at radius 1 is 1.38 bits per heavy atom. The first-order chi connectivity index (χ1) is 11.6. The van der Waals surface area contributed by atoms with Gasteiger partial charge in [-0.1, -0.05) is 0 Å². The van der Waals surface area contributed by atoms with Gasteiger partial charge in [0.25, 0.3) is 5.56 Å². The van der Waals surface area contributed by atoms with E-state index in [0.717, 1.165) is 36.9 Å². The highest BCUT2D eigenvalue weighted by molar-refractivity contribution is 7.09. The quantitative estimate of drug-likeness (QED) is 0.869. The summed E-state index contributed by atoms with van der Waals surface area (Å²) in [7, 11) is 0. The maximum absolute atomic E-state index is 11.9. The fraction of sp³-hybridized carbons (Fsp3) is 0.588. The molecule has 2 aromatic heterocycles. The molecule has 0 aromatic carbocycles. The van der Waals surface area contributed by atoms with Gasteiger partial charge in [0.1, 0.15) is 10.8 Å². The van der Waals surface area contributed by atoms with Crippen molar-refractivity contribution in [3.63, 3.8) is 0 Å². The minimum atomic E-state index is -0.0378. The second-order valence-corrected chi connectivity index (χ2v) is 7.45. The van der Waals surface area contributed by atoms with Gasteiger partial charge in [-0.3, -0.25) is 4.79 Å². The van der Waals surface area contributed by atoms with Crippen molar-refractivity contribution >= 4 is 17.2 Å². The molecule has 130 valence electrons. The second-order valence-electron chi connectivity index (χ2n) is 6.47. The molecule has 0 amide bonds. The maximum atomic E-state index is 11.9. The molecule has 0 aliphatic carbocycles. The van der Waals surface area contributed by atoms with Gasteiger partial charge in [0, 0.05) is 43.3 Å². The van der Waals surface area contributed by atoms with Crippen molar-refractivity contribution in [3.05, 3.63) is 39.1 Å². The number of anilines is 1. The lowest BCUT2D eigenvalue weighted by Gasteiger charge is -2.37. The number of hydrogen-bond acceptors (Lipinski definition) is 6. The van der Waals surface area contributed by atoms with Gasteiger partial charge in [-0.2, -0.15) is 5.10 Å². The molecule has 0 bridgehead atoms. The lowest BCUT2D eigenvalue weighted by atomic mass is 10.0. The Balaban J connectivity index is 1.69. The van der Waals surface area contributed by atoms with E-state index in [0.29, 0.717) is 6.04 Å². The molecule has 0 spiro atoms. The van der Waals surface area contributed by atoms with Gasteiger partial charge in [0.2, 0.25) is 0 Å². The number of thiazole rings is 1. The number of rotatable bonds is 6. The highest BCUT2D eigenvalue weighted by Gasteiger charge is 2.24. The van der Waals surface area contributed by atoms with Crippen molar-refractivity contribution in [2.45, 2.75) is 51.7 Å². The molecule has 2 aromatic rings. The number of piperidine rings is 1. The smallest absolute Gasteiger partial charge is 0.267 e. The van der Waals surface area contributed by atoms with Crippen LogP contribution in [0.5, 0.6) is 0 Å². The van der Waals surface area contributed by atoms with Gasteiger partial charge >= 0.3 is 0 Å². The predicted molar refractivity (Wildman–Crippen MR) is 97.7 cm³/mol. The molecule has 1 saturated heterocycles. The van der Waals surface area contributed by atoms with Crippen LogP contribution in [-0.4, -0.2) is 33.9 Å². The molecule has 7 heteroatoms. The van der Waals surface area contributed by atoms with Gasteiger partial charge in [0.15, 0.2) is 0 Å². The van der Waals surface area contributed by atoms with Crippen LogP contribution in [-0.2, 0) is 6.54 Å². The molecule has 1 N–H and O–H groups in total. The van der Waals surface area contributed by atoms with Crippen LogP contribution in [0.1, 0.15) is 44.2 Å². The van der Waals surface area contributed by atoms with E-state index >= 15 is 0 Å². The van der Waals surface area contributed by atoms with Crippen molar-refractivity contribution in [2.75, 3.05) is 18.0 Å². The van der Waals surface area contributed by atoms with E-state index < -0.39 is 0 Å². The van der Waals surface area contributed by atoms with Crippen LogP contribution in [0, 0.1) is 0 Å². The summed E-state index contributed by atoms with van der Waals surface area (Å²) in [6, 6.07) is 3.98. The van der Waals surface area contributed by atoms with E-state index in [1.165, 1.54) is 12.8 Å². The van der Waals surface area contributed by atoms with Crippen molar-refractivity contribution < 1.29 is 0 Å². The Labute approximate surface area is 146 Å². The SMILES string of the molecule is CC(C)n1nc(N2CCCCC2CNCc2nccs2)ccc1=O. The molecule has 0 saturated carbocycles. The monoisotopic (exact) mass is 347 g/mol. The van der Waals surface area contributed by atoms with E-state index in [1.807, 2.05) is 31.5 Å². The first kappa shape index (κ1) is 17.1. The van der Waals surface area contributed by atoms with Crippen molar-refractivity contribution in [1.29, 1.82) is 0 Å². The molecule has 24 heavy (non-hydrogen) atoms. The third-order valence-electron chi connectivity index (χ3n) is 4.36. The summed E-state index contributed by atoms with van der Waals surface area (Å²) in [5.41, 5.74) is -0.0378. The third kappa shape index (κ3) is 4.02. The van der Waals surface area contributed by atoms with Gasteiger partial charge in [-0.25, -0.2) is 9.67 Å². The van der Waals surface area contributed by atoms with Crippen LogP contribution in [0.2, 0.25) is 0 Å². The molecule has 1 aliphatic rings. The van der Waals surface area contributed by atoms with Crippen LogP contribution in [0.4, 0.5) is 5.82 Å². The highest BCUT2D eigenvalue weighted by atomic mass is 32.1. The zero-order valence-corrected chi connectivity index (χ0v) is 15.1. The number of hydrogen-bond donors (Lipinski definition) is 1. The molecule has 3 rings (SSSR count). The summed E-state index contributed by atoms with van der Waals surface area (Å²) >= 11 is 1.68. The Morgan fingerprint density at radius 2 is 2.25 bits per heavy atom. The van der Waals surface area contributed by atoms with Crippen LogP contribution >= 0.6 is 11.3 Å². The molecule has 3 heterocycles. The summed E-state index contributed by atoms with van der Waals surface area (Å²) in [5, 5.41) is 11.2. The van der Waals surface area contributed by atoms with Gasteiger partial charge in [-0.15, -0.1) is 11.3 Å². The van der Waals surface area contributed by atoms with Gasteiger partial charge < -0.3 is 10.2 Å². The molecule has 1 unspecified atom stereocenters. The average Bonchev–Trinajstić information content (AvgIpc) is 3.09. The van der Waals surface area contributed by atoms with Crippen LogP contribution in [0.3, 0.4) is 0 Å². The van der Waals surface area contributed by atoms with Crippen LogP contribution in [0.15, 0.2) is 28.5 Å². The Morgan fingerprint density at radius 3 is 3.00 bits per heavy atom. The molecule has 6 nitrogen and oxygen atoms in total. The normalized spacial score (nSPS) is 18.3. The summed E-state index contributed by atoms with van der Waals surface area (Å²) in [6.45, 7) is 6.68. The standard InChI is InChI=1S/C17H25N5OS/c1-13(2)22-17(23)7-6-15(20-22)21-9-4-3-5-14(21)11-18-12-16-19-8-10-24-16/h6-8,10,13-14,18H,3-5,9,11-12H2,1-2H3. The minimum absolute atomic E-state index is 0.0378. The lowest BCUT2D eigenvalue weighted by Crippen LogP contribution is -2.46. The molecular formula is C17H25N5OS. The minimum Gasteiger partial charge on any atom is -0.351 e. The highest BCUT2D eigenvalue weighted by Crippen LogP contribution is 2.22. The third-order valence-corrected chi connectivity index (χ3v) is 5.14. The van der Waals surface area contributed by atoms with E-state index in [-0.39, 0.29) is 11.6 Å². The Kier molecular flexibility index (Phi) is 5.63. The number of nitrogens with one attached hydrogen (secondary N) is 1. The van der Waals surface area contributed by atoms with E-state index in [1.54, 1.807) is 22.1 Å². The van der Waals surface area contributed by atoms with E-state index in [9.17, 15) is 4.79 Å². The topological polar surface area (TPSA) is 63.1 Å². The molecular weight excluding hydrogens is 322 g/mol. The molecule has 1 fully saturated rings. The zero-order chi connectivity index (χ0) is 16.9. The first-order valence-electron chi connectivity index (χ1n) is 8.61. The maximum Gasteiger partial charge on any atom is 0.267 e. The largest absolute Gasteiger partial charge is 0.351 e. The summed E-state index contributed by atoms with van der Waals surface area (Å²) < 4.78 is 1.57. The van der Waals surface area contributed by atoms with E-state index in [2.05, 4.69) is 20.3 Å². The predicted octanol–water partition coefficient (Wildman–Crippen LogP) is 2.43.